The first kappa shape index (κ1) is 17.1. The Morgan fingerprint density at radius 3 is 2.64 bits per heavy atom. The van der Waals surface area contributed by atoms with E-state index < -0.39 is 36.6 Å². The maximum atomic E-state index is 13.1. The molecule has 2 aromatic rings. The Kier molecular flexibility index (Phi) is 4.29. The van der Waals surface area contributed by atoms with Crippen LogP contribution in [0.3, 0.4) is 0 Å². The van der Waals surface area contributed by atoms with Crippen LogP contribution in [0.4, 0.5) is 17.6 Å². The highest BCUT2D eigenvalue weighted by molar-refractivity contribution is 5.97. The first-order valence-corrected chi connectivity index (χ1v) is 7.03. The third-order valence-electron chi connectivity index (χ3n) is 3.54. The largest absolute Gasteiger partial charge is 0.364 e. The van der Waals surface area contributed by atoms with Gasteiger partial charge in [-0.05, 0) is 12.1 Å². The van der Waals surface area contributed by atoms with Gasteiger partial charge >= 0.3 is 0 Å². The number of nitrogens with zero attached hydrogens (tertiary/aromatic N) is 6. The molecule has 0 saturated carbocycles. The van der Waals surface area contributed by atoms with E-state index in [0.29, 0.717) is 0 Å². The molecular weight excluding hydrogens is 348 g/mol. The van der Waals surface area contributed by atoms with Gasteiger partial charge in [-0.1, -0.05) is 0 Å². The van der Waals surface area contributed by atoms with Gasteiger partial charge in [0.15, 0.2) is 5.69 Å². The lowest BCUT2D eigenvalue weighted by molar-refractivity contribution is -0.164. The van der Waals surface area contributed by atoms with E-state index in [1.807, 2.05) is 0 Å². The minimum absolute atomic E-state index is 0.0280. The number of aromatic nitrogens is 4. The van der Waals surface area contributed by atoms with Gasteiger partial charge in [-0.3, -0.25) is 14.2 Å². The number of alkyl halides is 4. The van der Waals surface area contributed by atoms with Gasteiger partial charge in [0.05, 0.1) is 0 Å². The summed E-state index contributed by atoms with van der Waals surface area (Å²) in [6.45, 7) is 0.144. The van der Waals surface area contributed by atoms with Gasteiger partial charge in [-0.15, -0.1) is 0 Å². The molecule has 0 unspecified atom stereocenters. The normalized spacial score (nSPS) is 20.6. The quantitative estimate of drug-likeness (QED) is 0.806. The van der Waals surface area contributed by atoms with Gasteiger partial charge in [0.1, 0.15) is 12.4 Å². The third-order valence-corrected chi connectivity index (χ3v) is 3.54. The summed E-state index contributed by atoms with van der Waals surface area (Å²) in [6.07, 6.45) is -3.24. The van der Waals surface area contributed by atoms with Gasteiger partial charge in [0.2, 0.25) is 5.72 Å². The lowest BCUT2D eigenvalue weighted by Crippen LogP contribution is -2.51. The van der Waals surface area contributed by atoms with Crippen molar-refractivity contribution in [1.29, 1.82) is 0 Å². The number of hydrogen-bond donors (Lipinski definition) is 1. The van der Waals surface area contributed by atoms with Crippen molar-refractivity contribution >= 4 is 11.6 Å². The Bertz CT molecular complexity index is 790. The van der Waals surface area contributed by atoms with Crippen LogP contribution in [0.15, 0.2) is 35.8 Å². The van der Waals surface area contributed by atoms with Crippen LogP contribution in [-0.4, -0.2) is 59.9 Å². The van der Waals surface area contributed by atoms with E-state index in [2.05, 4.69) is 15.3 Å². The summed E-state index contributed by atoms with van der Waals surface area (Å²) in [7, 11) is 0. The average Bonchev–Trinajstić information content (AvgIpc) is 3.27. The van der Waals surface area contributed by atoms with Crippen LogP contribution in [0.1, 0.15) is 16.9 Å². The molecule has 0 fully saturated rings. The molecule has 3 rings (SSSR count). The monoisotopic (exact) mass is 360 g/mol. The molecule has 0 aliphatic carbocycles. The van der Waals surface area contributed by atoms with E-state index in [-0.39, 0.29) is 17.4 Å². The number of amides is 1. The van der Waals surface area contributed by atoms with E-state index >= 15 is 0 Å². The molecule has 134 valence electrons. The molecule has 1 aliphatic rings. The maximum absolute atomic E-state index is 13.1. The molecule has 25 heavy (non-hydrogen) atoms. The Hall–Kier alpha value is -2.76. The molecule has 0 spiro atoms. The molecule has 8 nitrogen and oxygen atoms in total. The molecule has 12 heteroatoms. The van der Waals surface area contributed by atoms with Gasteiger partial charge in [-0.25, -0.2) is 17.6 Å². The number of carbonyl (C=O) groups excluding carboxylic acids is 1. The smallest absolute Gasteiger partial charge is 0.297 e. The van der Waals surface area contributed by atoms with Crippen molar-refractivity contribution in [3.05, 3.63) is 36.4 Å². The molecule has 0 bridgehead atoms. The van der Waals surface area contributed by atoms with Crippen molar-refractivity contribution in [2.75, 3.05) is 0 Å². The fourth-order valence-corrected chi connectivity index (χ4v) is 2.30. The lowest BCUT2D eigenvalue weighted by atomic mass is 10.1. The Morgan fingerprint density at radius 2 is 2.04 bits per heavy atom. The molecule has 0 aromatic carbocycles. The molecule has 1 amide bonds. The standard InChI is InChI=1S/C13H12F4N6O2/c14-10(15)9-6-13(25,12(16)17)23(20-9)11(24)8-2-5-22(19-8)7-21-4-1-3-18-21/h1-5,10,12,25H,6-7H2/t13-/m1/s1. The zero-order valence-corrected chi connectivity index (χ0v) is 12.5. The van der Waals surface area contributed by atoms with Gasteiger partial charge in [0, 0.05) is 25.0 Å². The van der Waals surface area contributed by atoms with Crippen molar-refractivity contribution in [2.45, 2.75) is 31.7 Å². The number of hydrazone groups is 1. The van der Waals surface area contributed by atoms with Crippen LogP contribution in [0.25, 0.3) is 0 Å². The average molecular weight is 360 g/mol. The van der Waals surface area contributed by atoms with Crippen LogP contribution in [0, 0.1) is 0 Å². The fourth-order valence-electron chi connectivity index (χ4n) is 2.30. The van der Waals surface area contributed by atoms with E-state index in [1.54, 1.807) is 12.3 Å². The highest BCUT2D eigenvalue weighted by Crippen LogP contribution is 2.33. The van der Waals surface area contributed by atoms with Crippen molar-refractivity contribution in [2.24, 2.45) is 5.10 Å². The molecule has 2 aromatic heterocycles. The summed E-state index contributed by atoms with van der Waals surface area (Å²) in [5, 5.41) is 20.9. The van der Waals surface area contributed by atoms with Crippen molar-refractivity contribution < 1.29 is 27.5 Å². The Balaban J connectivity index is 1.84. The van der Waals surface area contributed by atoms with E-state index in [0.717, 1.165) is 0 Å². The Labute approximate surface area is 137 Å². The fraction of sp³-hybridized carbons (Fsp3) is 0.385. The highest BCUT2D eigenvalue weighted by atomic mass is 19.3. The second-order valence-electron chi connectivity index (χ2n) is 5.29. The molecule has 3 heterocycles. The van der Waals surface area contributed by atoms with Crippen LogP contribution < -0.4 is 0 Å². The van der Waals surface area contributed by atoms with Gasteiger partial charge < -0.3 is 5.11 Å². The SMILES string of the molecule is O=C(c1ccn(Cn2cccn2)n1)N1N=C(C(F)F)C[C@@]1(O)C(F)F. The van der Waals surface area contributed by atoms with Crippen molar-refractivity contribution in [3.63, 3.8) is 0 Å². The second-order valence-corrected chi connectivity index (χ2v) is 5.29. The molecule has 1 atom stereocenters. The van der Waals surface area contributed by atoms with Crippen LogP contribution in [0.2, 0.25) is 0 Å². The summed E-state index contributed by atoms with van der Waals surface area (Å²) in [6, 6.07) is 2.87. The highest BCUT2D eigenvalue weighted by Gasteiger charge is 2.53. The van der Waals surface area contributed by atoms with Gasteiger partial charge in [0.25, 0.3) is 18.8 Å². The minimum atomic E-state index is -3.48. The molecule has 0 saturated heterocycles. The Morgan fingerprint density at radius 1 is 1.28 bits per heavy atom. The lowest BCUT2D eigenvalue weighted by Gasteiger charge is -2.29. The zero-order valence-electron chi connectivity index (χ0n) is 12.5. The predicted octanol–water partition coefficient (Wildman–Crippen LogP) is 1.01. The summed E-state index contributed by atoms with van der Waals surface area (Å²) < 4.78 is 54.6. The third kappa shape index (κ3) is 3.12. The van der Waals surface area contributed by atoms with Crippen molar-refractivity contribution in [3.8, 4) is 0 Å². The van der Waals surface area contributed by atoms with Gasteiger partial charge in [-0.2, -0.15) is 20.3 Å². The van der Waals surface area contributed by atoms with E-state index in [9.17, 15) is 27.5 Å². The number of hydrogen-bond acceptors (Lipinski definition) is 5. The molecular formula is C13H12F4N6O2. The van der Waals surface area contributed by atoms with E-state index in [4.69, 9.17) is 0 Å². The zero-order chi connectivity index (χ0) is 18.2. The maximum Gasteiger partial charge on any atom is 0.297 e. The molecule has 1 aliphatic heterocycles. The van der Waals surface area contributed by atoms with E-state index in [1.165, 1.54) is 27.8 Å². The summed E-state index contributed by atoms with van der Waals surface area (Å²) in [5.41, 5.74) is -4.45. The number of aliphatic hydroxyl groups is 1. The predicted molar refractivity (Wildman–Crippen MR) is 75.0 cm³/mol. The first-order valence-electron chi connectivity index (χ1n) is 7.03. The summed E-state index contributed by atoms with van der Waals surface area (Å²) >= 11 is 0. The van der Waals surface area contributed by atoms with Crippen molar-refractivity contribution in [1.82, 2.24) is 24.6 Å². The number of carbonyl (C=O) groups is 1. The summed E-state index contributed by atoms with van der Waals surface area (Å²) in [4.78, 5) is 12.3. The minimum Gasteiger partial charge on any atom is -0.364 e. The van der Waals surface area contributed by atoms with Crippen LogP contribution in [-0.2, 0) is 6.67 Å². The second kappa shape index (κ2) is 6.27. The molecule has 0 radical (unpaired) electrons. The van der Waals surface area contributed by atoms with Crippen LogP contribution in [0.5, 0.6) is 0 Å². The summed E-state index contributed by atoms with van der Waals surface area (Å²) in [5.74, 6) is -1.21. The topological polar surface area (TPSA) is 88.5 Å². The first-order chi connectivity index (χ1) is 11.8. The number of halogens is 4. The number of rotatable bonds is 5. The molecule has 1 N–H and O–H groups in total. The van der Waals surface area contributed by atoms with Crippen LogP contribution >= 0.6 is 0 Å².